The molecule has 0 fully saturated rings. The predicted molar refractivity (Wildman–Crippen MR) is 72.6 cm³/mol. The zero-order valence-electron chi connectivity index (χ0n) is 11.4. The Labute approximate surface area is 127 Å². The second kappa shape index (κ2) is 4.21. The molecular weight excluding hydrogens is 316 g/mol. The van der Waals surface area contributed by atoms with Gasteiger partial charge in [0.05, 0.1) is 0 Å². The van der Waals surface area contributed by atoms with E-state index in [1.54, 1.807) is 12.2 Å². The summed E-state index contributed by atoms with van der Waals surface area (Å²) in [6, 6.07) is 0. The first kappa shape index (κ1) is 14.0. The first-order chi connectivity index (χ1) is 10.8. The molecule has 120 valence electrons. The van der Waals surface area contributed by atoms with Crippen molar-refractivity contribution in [1.29, 1.82) is 0 Å². The Balaban J connectivity index is 2.06. The maximum Gasteiger partial charge on any atom is 0.203 e. The molecule has 2 aliphatic rings. The van der Waals surface area contributed by atoms with E-state index in [2.05, 4.69) is 0 Å². The van der Waals surface area contributed by atoms with Gasteiger partial charge >= 0.3 is 0 Å². The number of aromatic nitrogens is 1. The molecule has 8 heteroatoms. The monoisotopic (exact) mass is 326 g/mol. The third-order valence-corrected chi connectivity index (χ3v) is 4.52. The number of benzene rings is 1. The van der Waals surface area contributed by atoms with E-state index < -0.39 is 46.4 Å². The molecule has 0 radical (unpaired) electrons. The van der Waals surface area contributed by atoms with Crippen molar-refractivity contribution < 1.29 is 27.8 Å². The van der Waals surface area contributed by atoms with Gasteiger partial charge in [0.1, 0.15) is 11.4 Å². The Bertz CT molecular complexity index is 839. The van der Waals surface area contributed by atoms with E-state index in [4.69, 9.17) is 5.73 Å². The van der Waals surface area contributed by atoms with Crippen LogP contribution in [-0.2, 0) is 0 Å². The van der Waals surface area contributed by atoms with E-state index in [1.165, 1.54) is 0 Å². The molecule has 2 bridgehead atoms. The number of rotatable bonds is 1. The zero-order valence-corrected chi connectivity index (χ0v) is 11.4. The standard InChI is InChI=1S/C15H10F4N2O2/c16-8-10(18)13(11(19)9(17)12(8)20)21-14(22)6-4-1-2-5(3-4)7(6)15(21)23/h1-2,4-5,22-23H,3,20H2/t4-,5+. The van der Waals surface area contributed by atoms with Crippen LogP contribution in [0.5, 0.6) is 11.8 Å². The SMILES string of the molecule is Nc1c(F)c(F)c(-n2c(O)c3c(c2O)[C@H]2C=C[C@@H]3C2)c(F)c1F. The van der Waals surface area contributed by atoms with E-state index in [1.807, 2.05) is 0 Å². The summed E-state index contributed by atoms with van der Waals surface area (Å²) in [5.74, 6) is -8.86. The van der Waals surface area contributed by atoms with Crippen LogP contribution in [0.15, 0.2) is 12.2 Å². The molecule has 2 atom stereocenters. The van der Waals surface area contributed by atoms with Crippen LogP contribution in [0.2, 0.25) is 0 Å². The van der Waals surface area contributed by atoms with Gasteiger partial charge in [0.25, 0.3) is 0 Å². The van der Waals surface area contributed by atoms with Gasteiger partial charge in [0.15, 0.2) is 23.3 Å². The minimum Gasteiger partial charge on any atom is -0.494 e. The van der Waals surface area contributed by atoms with Gasteiger partial charge in [-0.25, -0.2) is 22.1 Å². The highest BCUT2D eigenvalue weighted by molar-refractivity contribution is 5.63. The van der Waals surface area contributed by atoms with Crippen LogP contribution >= 0.6 is 0 Å². The topological polar surface area (TPSA) is 71.4 Å². The van der Waals surface area contributed by atoms with Crippen LogP contribution in [0, 0.1) is 23.3 Å². The fourth-order valence-electron chi connectivity index (χ4n) is 3.49. The molecule has 1 aromatic heterocycles. The number of fused-ring (bicyclic) bond motifs is 5. The van der Waals surface area contributed by atoms with Crippen LogP contribution in [0.4, 0.5) is 23.2 Å². The molecule has 0 spiro atoms. The van der Waals surface area contributed by atoms with E-state index in [-0.39, 0.29) is 11.8 Å². The second-order valence-corrected chi connectivity index (χ2v) is 5.66. The minimum atomic E-state index is -1.79. The van der Waals surface area contributed by atoms with Crippen molar-refractivity contribution in [3.05, 3.63) is 46.5 Å². The van der Waals surface area contributed by atoms with E-state index in [0.29, 0.717) is 22.1 Å². The Morgan fingerprint density at radius 2 is 1.30 bits per heavy atom. The van der Waals surface area contributed by atoms with Crippen LogP contribution in [0.3, 0.4) is 0 Å². The average Bonchev–Trinajstić information content (AvgIpc) is 3.20. The molecule has 0 saturated heterocycles. The summed E-state index contributed by atoms with van der Waals surface area (Å²) in [4.78, 5) is 0. The number of nitrogen functional groups attached to an aromatic ring is 1. The zero-order chi connectivity index (χ0) is 16.6. The molecule has 0 aliphatic heterocycles. The summed E-state index contributed by atoms with van der Waals surface area (Å²) < 4.78 is 55.9. The largest absolute Gasteiger partial charge is 0.494 e. The summed E-state index contributed by atoms with van der Waals surface area (Å²) in [6.45, 7) is 0. The fourth-order valence-corrected chi connectivity index (χ4v) is 3.49. The smallest absolute Gasteiger partial charge is 0.203 e. The second-order valence-electron chi connectivity index (χ2n) is 5.66. The Hall–Kier alpha value is -2.64. The number of anilines is 1. The number of halogens is 4. The molecule has 1 heterocycles. The lowest BCUT2D eigenvalue weighted by Crippen LogP contribution is -2.10. The summed E-state index contributed by atoms with van der Waals surface area (Å²) in [5, 5.41) is 20.5. The summed E-state index contributed by atoms with van der Waals surface area (Å²) in [7, 11) is 0. The van der Waals surface area contributed by atoms with Crippen molar-refractivity contribution in [2.24, 2.45) is 0 Å². The van der Waals surface area contributed by atoms with Gasteiger partial charge in [-0.2, -0.15) is 0 Å². The number of hydrogen-bond donors (Lipinski definition) is 3. The number of hydrogen-bond acceptors (Lipinski definition) is 3. The van der Waals surface area contributed by atoms with Crippen molar-refractivity contribution in [2.75, 3.05) is 5.73 Å². The molecule has 4 rings (SSSR count). The highest BCUT2D eigenvalue weighted by Gasteiger charge is 2.42. The van der Waals surface area contributed by atoms with E-state index >= 15 is 0 Å². The van der Waals surface area contributed by atoms with Crippen LogP contribution in [-0.4, -0.2) is 14.8 Å². The Kier molecular flexibility index (Phi) is 2.56. The third-order valence-electron chi connectivity index (χ3n) is 4.52. The first-order valence-electron chi connectivity index (χ1n) is 6.81. The highest BCUT2D eigenvalue weighted by Crippen LogP contribution is 2.57. The van der Waals surface area contributed by atoms with Crippen LogP contribution in [0.1, 0.15) is 29.4 Å². The number of nitrogens with two attached hydrogens (primary N) is 1. The van der Waals surface area contributed by atoms with Gasteiger partial charge in [-0.15, -0.1) is 0 Å². The first-order valence-corrected chi connectivity index (χ1v) is 6.81. The van der Waals surface area contributed by atoms with Gasteiger partial charge in [0, 0.05) is 23.0 Å². The van der Waals surface area contributed by atoms with Crippen LogP contribution in [0.25, 0.3) is 5.69 Å². The normalized spacial score (nSPS) is 21.2. The fraction of sp³-hybridized carbons (Fsp3) is 0.200. The molecule has 1 aromatic carbocycles. The van der Waals surface area contributed by atoms with Crippen molar-refractivity contribution in [1.82, 2.24) is 4.57 Å². The van der Waals surface area contributed by atoms with Gasteiger partial charge < -0.3 is 15.9 Å². The Morgan fingerprint density at radius 3 is 1.74 bits per heavy atom. The van der Waals surface area contributed by atoms with E-state index in [0.717, 1.165) is 0 Å². The highest BCUT2D eigenvalue weighted by atomic mass is 19.2. The number of nitrogens with zero attached hydrogens (tertiary/aromatic N) is 1. The lowest BCUT2D eigenvalue weighted by atomic mass is 10.0. The predicted octanol–water partition coefficient (Wildman–Crippen LogP) is 3.17. The number of allylic oxidation sites excluding steroid dienone is 2. The molecule has 2 aromatic rings. The molecule has 0 saturated carbocycles. The molecule has 0 amide bonds. The third kappa shape index (κ3) is 1.50. The quantitative estimate of drug-likeness (QED) is 0.326. The van der Waals surface area contributed by atoms with E-state index in [9.17, 15) is 27.8 Å². The van der Waals surface area contributed by atoms with Crippen molar-refractivity contribution in [3.8, 4) is 17.4 Å². The minimum absolute atomic E-state index is 0.211. The summed E-state index contributed by atoms with van der Waals surface area (Å²) >= 11 is 0. The molecule has 2 aliphatic carbocycles. The molecular formula is C15H10F4N2O2. The Morgan fingerprint density at radius 1 is 0.870 bits per heavy atom. The van der Waals surface area contributed by atoms with Gasteiger partial charge in [-0.3, -0.25) is 0 Å². The van der Waals surface area contributed by atoms with Crippen molar-refractivity contribution in [2.45, 2.75) is 18.3 Å². The maximum atomic E-state index is 14.1. The molecule has 4 N–H and O–H groups in total. The average molecular weight is 326 g/mol. The number of aromatic hydroxyl groups is 2. The summed E-state index contributed by atoms with van der Waals surface area (Å²) in [5.41, 5.74) is 3.04. The van der Waals surface area contributed by atoms with Gasteiger partial charge in [-0.05, 0) is 6.42 Å². The van der Waals surface area contributed by atoms with Gasteiger partial charge in [-0.1, -0.05) is 12.2 Å². The lowest BCUT2D eigenvalue weighted by molar-refractivity contribution is 0.380. The maximum absolute atomic E-state index is 14.1. The van der Waals surface area contributed by atoms with Gasteiger partial charge in [0.2, 0.25) is 11.8 Å². The lowest BCUT2D eigenvalue weighted by Gasteiger charge is -2.13. The van der Waals surface area contributed by atoms with Crippen molar-refractivity contribution >= 4 is 5.69 Å². The van der Waals surface area contributed by atoms with Crippen molar-refractivity contribution in [3.63, 3.8) is 0 Å². The van der Waals surface area contributed by atoms with Crippen LogP contribution < -0.4 is 5.73 Å². The molecule has 0 unspecified atom stereocenters. The summed E-state index contributed by atoms with van der Waals surface area (Å²) in [6.07, 6.45) is 4.22. The molecule has 4 nitrogen and oxygen atoms in total. The molecule has 23 heavy (non-hydrogen) atoms.